The normalized spacial score (nSPS) is 11.4. The summed E-state index contributed by atoms with van der Waals surface area (Å²) in [4.78, 5) is 0. The molecule has 0 atom stereocenters. The van der Waals surface area contributed by atoms with Crippen molar-refractivity contribution in [3.63, 3.8) is 0 Å². The molecule has 0 saturated carbocycles. The zero-order valence-electron chi connectivity index (χ0n) is 8.30. The monoisotopic (exact) mass is 182 g/mol. The Morgan fingerprint density at radius 2 is 2.00 bits per heavy atom. The van der Waals surface area contributed by atoms with Crippen molar-refractivity contribution in [2.75, 3.05) is 6.61 Å². The molecule has 0 unspecified atom stereocenters. The van der Waals surface area contributed by atoms with E-state index in [1.165, 1.54) is 12.1 Å². The summed E-state index contributed by atoms with van der Waals surface area (Å²) in [5, 5.41) is 0. The molecule has 1 aromatic carbocycles. The van der Waals surface area contributed by atoms with Gasteiger partial charge < -0.3 is 4.74 Å². The number of benzene rings is 1. The second-order valence-corrected chi connectivity index (χ2v) is 4.31. The van der Waals surface area contributed by atoms with Gasteiger partial charge in [0.15, 0.2) is 0 Å². The van der Waals surface area contributed by atoms with Crippen LogP contribution >= 0.6 is 0 Å². The predicted molar refractivity (Wildman–Crippen MR) is 51.4 cm³/mol. The molecule has 1 aromatic rings. The molecule has 0 aliphatic heterocycles. The molecule has 0 aromatic heterocycles. The molecule has 0 spiro atoms. The van der Waals surface area contributed by atoms with Gasteiger partial charge in [0, 0.05) is 6.07 Å². The zero-order chi connectivity index (χ0) is 9.90. The summed E-state index contributed by atoms with van der Waals surface area (Å²) in [6.45, 7) is 6.82. The summed E-state index contributed by atoms with van der Waals surface area (Å²) in [6.07, 6.45) is 0. The van der Waals surface area contributed by atoms with Crippen LogP contribution in [-0.2, 0) is 0 Å². The Morgan fingerprint density at radius 3 is 2.54 bits per heavy atom. The van der Waals surface area contributed by atoms with Gasteiger partial charge in [-0.3, -0.25) is 0 Å². The second kappa shape index (κ2) is 3.77. The first-order valence-electron chi connectivity index (χ1n) is 4.36. The fourth-order valence-electron chi connectivity index (χ4n) is 0.857. The topological polar surface area (TPSA) is 9.23 Å². The van der Waals surface area contributed by atoms with Gasteiger partial charge in [0.2, 0.25) is 0 Å². The van der Waals surface area contributed by atoms with Crippen LogP contribution in [0.15, 0.2) is 24.3 Å². The van der Waals surface area contributed by atoms with Crippen molar-refractivity contribution >= 4 is 0 Å². The summed E-state index contributed by atoms with van der Waals surface area (Å²) in [7, 11) is 0. The molecular formula is C11H15FO. The van der Waals surface area contributed by atoms with Crippen molar-refractivity contribution in [2.45, 2.75) is 20.8 Å². The molecule has 0 aliphatic rings. The van der Waals surface area contributed by atoms with Gasteiger partial charge in [-0.2, -0.15) is 0 Å². The van der Waals surface area contributed by atoms with Crippen molar-refractivity contribution < 1.29 is 9.13 Å². The minimum absolute atomic E-state index is 0.103. The third-order valence-electron chi connectivity index (χ3n) is 1.47. The van der Waals surface area contributed by atoms with Gasteiger partial charge in [-0.05, 0) is 17.5 Å². The Labute approximate surface area is 78.5 Å². The Bertz CT molecular complexity index is 276. The van der Waals surface area contributed by atoms with Crippen molar-refractivity contribution in [1.29, 1.82) is 0 Å². The van der Waals surface area contributed by atoms with E-state index in [0.29, 0.717) is 12.4 Å². The van der Waals surface area contributed by atoms with Crippen LogP contribution in [0.5, 0.6) is 5.75 Å². The summed E-state index contributed by atoms with van der Waals surface area (Å²) >= 11 is 0. The number of ether oxygens (including phenoxy) is 1. The third-order valence-corrected chi connectivity index (χ3v) is 1.47. The van der Waals surface area contributed by atoms with E-state index in [-0.39, 0.29) is 11.2 Å². The maximum atomic E-state index is 12.7. The van der Waals surface area contributed by atoms with Crippen LogP contribution in [0.25, 0.3) is 0 Å². The van der Waals surface area contributed by atoms with Gasteiger partial charge in [-0.25, -0.2) is 4.39 Å². The molecule has 2 heteroatoms. The largest absolute Gasteiger partial charge is 0.493 e. The van der Waals surface area contributed by atoms with Crippen LogP contribution in [0.4, 0.5) is 4.39 Å². The minimum Gasteiger partial charge on any atom is -0.493 e. The number of hydrogen-bond acceptors (Lipinski definition) is 1. The lowest BCUT2D eigenvalue weighted by molar-refractivity contribution is 0.197. The van der Waals surface area contributed by atoms with Crippen molar-refractivity contribution in [2.24, 2.45) is 5.41 Å². The quantitative estimate of drug-likeness (QED) is 0.682. The smallest absolute Gasteiger partial charge is 0.126 e. The molecule has 0 N–H and O–H groups in total. The molecule has 0 radical (unpaired) electrons. The molecule has 0 heterocycles. The van der Waals surface area contributed by atoms with Crippen LogP contribution in [0, 0.1) is 11.2 Å². The third kappa shape index (κ3) is 3.92. The first kappa shape index (κ1) is 10.0. The van der Waals surface area contributed by atoms with E-state index in [9.17, 15) is 4.39 Å². The summed E-state index contributed by atoms with van der Waals surface area (Å²) in [5.74, 6) is 0.335. The highest BCUT2D eigenvalue weighted by molar-refractivity contribution is 5.22. The number of halogens is 1. The van der Waals surface area contributed by atoms with Crippen LogP contribution < -0.4 is 4.74 Å². The van der Waals surface area contributed by atoms with Gasteiger partial charge in [0.05, 0.1) is 6.61 Å². The van der Waals surface area contributed by atoms with Gasteiger partial charge in [0.25, 0.3) is 0 Å². The molecule has 0 amide bonds. The van der Waals surface area contributed by atoms with E-state index >= 15 is 0 Å². The molecule has 1 rings (SSSR count). The first-order chi connectivity index (χ1) is 5.97. The highest BCUT2D eigenvalue weighted by Gasteiger charge is 2.10. The lowest BCUT2D eigenvalue weighted by Crippen LogP contribution is -2.16. The molecule has 0 fully saturated rings. The van der Waals surface area contributed by atoms with E-state index in [2.05, 4.69) is 20.8 Å². The molecular weight excluding hydrogens is 167 g/mol. The average Bonchev–Trinajstić information content (AvgIpc) is 2.00. The van der Waals surface area contributed by atoms with Gasteiger partial charge >= 0.3 is 0 Å². The fourth-order valence-corrected chi connectivity index (χ4v) is 0.857. The van der Waals surface area contributed by atoms with Crippen LogP contribution in [0.2, 0.25) is 0 Å². The van der Waals surface area contributed by atoms with E-state index in [4.69, 9.17) is 4.74 Å². The van der Waals surface area contributed by atoms with Crippen LogP contribution in [0.1, 0.15) is 20.8 Å². The average molecular weight is 182 g/mol. The second-order valence-electron chi connectivity index (χ2n) is 4.31. The first-order valence-corrected chi connectivity index (χ1v) is 4.36. The van der Waals surface area contributed by atoms with Crippen LogP contribution in [0.3, 0.4) is 0 Å². The molecule has 0 aliphatic carbocycles. The maximum absolute atomic E-state index is 12.7. The van der Waals surface area contributed by atoms with Gasteiger partial charge in [-0.15, -0.1) is 0 Å². The maximum Gasteiger partial charge on any atom is 0.126 e. The lowest BCUT2D eigenvalue weighted by atomic mass is 9.99. The summed E-state index contributed by atoms with van der Waals surface area (Å²) in [5.41, 5.74) is 0.103. The van der Waals surface area contributed by atoms with E-state index in [1.54, 1.807) is 12.1 Å². The summed E-state index contributed by atoms with van der Waals surface area (Å²) < 4.78 is 18.1. The van der Waals surface area contributed by atoms with Crippen molar-refractivity contribution in [3.8, 4) is 5.75 Å². The highest BCUT2D eigenvalue weighted by Crippen LogP contribution is 2.17. The molecule has 0 saturated heterocycles. The zero-order valence-corrected chi connectivity index (χ0v) is 8.30. The van der Waals surface area contributed by atoms with Crippen LogP contribution in [-0.4, -0.2) is 6.61 Å². The fraction of sp³-hybridized carbons (Fsp3) is 0.455. The van der Waals surface area contributed by atoms with Gasteiger partial charge in [0.1, 0.15) is 11.6 Å². The van der Waals surface area contributed by atoms with Crippen molar-refractivity contribution in [1.82, 2.24) is 0 Å². The molecule has 0 bridgehead atoms. The summed E-state index contributed by atoms with van der Waals surface area (Å²) in [6, 6.07) is 6.21. The Balaban J connectivity index is 2.55. The molecule has 13 heavy (non-hydrogen) atoms. The van der Waals surface area contributed by atoms with Gasteiger partial charge in [-0.1, -0.05) is 26.8 Å². The lowest BCUT2D eigenvalue weighted by Gasteiger charge is -2.18. The minimum atomic E-state index is -0.258. The Morgan fingerprint density at radius 1 is 1.31 bits per heavy atom. The molecule has 1 nitrogen and oxygen atoms in total. The van der Waals surface area contributed by atoms with Crippen molar-refractivity contribution in [3.05, 3.63) is 30.1 Å². The Kier molecular flexibility index (Phi) is 2.91. The highest BCUT2D eigenvalue weighted by atomic mass is 19.1. The van der Waals surface area contributed by atoms with E-state index < -0.39 is 0 Å². The number of hydrogen-bond donors (Lipinski definition) is 0. The number of rotatable bonds is 2. The SMILES string of the molecule is CC(C)(C)COc1cccc(F)c1. The van der Waals surface area contributed by atoms with E-state index in [0.717, 1.165) is 0 Å². The standard InChI is InChI=1S/C11H15FO/c1-11(2,3)8-13-10-6-4-5-9(12)7-10/h4-7H,8H2,1-3H3. The predicted octanol–water partition coefficient (Wildman–Crippen LogP) is 3.25. The molecule has 72 valence electrons. The Hall–Kier alpha value is -1.05. The van der Waals surface area contributed by atoms with E-state index in [1.807, 2.05) is 0 Å².